The molecule has 5 nitrogen and oxygen atoms in total. The number of rotatable bonds is 5. The van der Waals surface area contributed by atoms with Crippen molar-refractivity contribution in [2.45, 2.75) is 45.6 Å². The number of carbonyl (C=O) groups excluding carboxylic acids is 1. The van der Waals surface area contributed by atoms with E-state index in [0.717, 1.165) is 19.4 Å². The molecular formula is C16H22N2O3. The van der Waals surface area contributed by atoms with E-state index in [1.807, 2.05) is 4.90 Å². The molecule has 1 fully saturated rings. The number of aromatic nitrogens is 1. The molecule has 1 aliphatic carbocycles. The van der Waals surface area contributed by atoms with Crippen LogP contribution in [0.15, 0.2) is 18.3 Å². The molecule has 1 heterocycles. The van der Waals surface area contributed by atoms with Crippen molar-refractivity contribution < 1.29 is 14.7 Å². The van der Waals surface area contributed by atoms with Gasteiger partial charge in [0.2, 0.25) is 0 Å². The molecule has 21 heavy (non-hydrogen) atoms. The number of pyridine rings is 1. The number of aromatic carboxylic acids is 1. The van der Waals surface area contributed by atoms with Crippen molar-refractivity contribution in [1.82, 2.24) is 9.88 Å². The predicted octanol–water partition coefficient (Wildman–Crippen LogP) is 2.82. The third kappa shape index (κ3) is 3.80. The largest absolute Gasteiger partial charge is 0.477 e. The summed E-state index contributed by atoms with van der Waals surface area (Å²) < 4.78 is 0. The first kappa shape index (κ1) is 15.5. The maximum absolute atomic E-state index is 12.7. The minimum absolute atomic E-state index is 0.0391. The fraction of sp³-hybridized carbons (Fsp3) is 0.562. The van der Waals surface area contributed by atoms with Crippen LogP contribution in [-0.4, -0.2) is 39.5 Å². The molecule has 114 valence electrons. The summed E-state index contributed by atoms with van der Waals surface area (Å²) in [5.74, 6) is -0.718. The van der Waals surface area contributed by atoms with Gasteiger partial charge in [-0.1, -0.05) is 26.7 Å². The smallest absolute Gasteiger partial charge is 0.354 e. The Morgan fingerprint density at radius 1 is 1.33 bits per heavy atom. The van der Waals surface area contributed by atoms with Crippen LogP contribution in [0.2, 0.25) is 0 Å². The lowest BCUT2D eigenvalue weighted by Crippen LogP contribution is -2.41. The number of nitrogens with zero attached hydrogens (tertiary/aromatic N) is 2. The van der Waals surface area contributed by atoms with Crippen LogP contribution < -0.4 is 0 Å². The monoisotopic (exact) mass is 290 g/mol. The highest BCUT2D eigenvalue weighted by Crippen LogP contribution is 2.25. The normalized spacial score (nSPS) is 15.4. The lowest BCUT2D eigenvalue weighted by molar-refractivity contribution is 0.0649. The van der Waals surface area contributed by atoms with Crippen LogP contribution >= 0.6 is 0 Å². The van der Waals surface area contributed by atoms with Gasteiger partial charge in [0.25, 0.3) is 5.91 Å². The summed E-state index contributed by atoms with van der Waals surface area (Å²) in [7, 11) is 0. The van der Waals surface area contributed by atoms with E-state index in [-0.39, 0.29) is 11.6 Å². The van der Waals surface area contributed by atoms with Crippen LogP contribution in [0.1, 0.15) is 60.4 Å². The van der Waals surface area contributed by atoms with Crippen molar-refractivity contribution in [3.63, 3.8) is 0 Å². The lowest BCUT2D eigenvalue weighted by atomic mass is 10.1. The summed E-state index contributed by atoms with van der Waals surface area (Å²) in [5.41, 5.74) is 0.426. The SMILES string of the molecule is CC(C)CN(C(=O)c1ccc(C(=O)O)nc1)C1CCCC1. The summed E-state index contributed by atoms with van der Waals surface area (Å²) in [6.45, 7) is 4.92. The first-order valence-electron chi connectivity index (χ1n) is 7.49. The van der Waals surface area contributed by atoms with Gasteiger partial charge in [-0.15, -0.1) is 0 Å². The van der Waals surface area contributed by atoms with E-state index in [1.165, 1.54) is 25.1 Å². The number of hydrogen-bond acceptors (Lipinski definition) is 3. The minimum atomic E-state index is -1.08. The molecule has 0 aliphatic heterocycles. The summed E-state index contributed by atoms with van der Waals surface area (Å²) in [6, 6.07) is 3.25. The van der Waals surface area contributed by atoms with Crippen LogP contribution in [0.3, 0.4) is 0 Å². The molecule has 0 bridgehead atoms. The second-order valence-corrected chi connectivity index (χ2v) is 6.03. The van der Waals surface area contributed by atoms with Gasteiger partial charge in [-0.25, -0.2) is 9.78 Å². The molecule has 1 N–H and O–H groups in total. The molecule has 1 aromatic rings. The molecule has 0 radical (unpaired) electrons. The third-order valence-corrected chi connectivity index (χ3v) is 3.82. The molecular weight excluding hydrogens is 268 g/mol. The Morgan fingerprint density at radius 2 is 2.00 bits per heavy atom. The van der Waals surface area contributed by atoms with Crippen LogP contribution in [-0.2, 0) is 0 Å². The maximum atomic E-state index is 12.7. The van der Waals surface area contributed by atoms with Crippen LogP contribution in [0.4, 0.5) is 0 Å². The van der Waals surface area contributed by atoms with Crippen molar-refractivity contribution >= 4 is 11.9 Å². The highest BCUT2D eigenvalue weighted by Gasteiger charge is 2.28. The van der Waals surface area contributed by atoms with Gasteiger partial charge in [-0.05, 0) is 30.9 Å². The highest BCUT2D eigenvalue weighted by molar-refractivity contribution is 5.95. The molecule has 0 spiro atoms. The maximum Gasteiger partial charge on any atom is 0.354 e. The molecule has 5 heteroatoms. The zero-order valence-corrected chi connectivity index (χ0v) is 12.6. The summed E-state index contributed by atoms with van der Waals surface area (Å²) in [6.07, 6.45) is 5.82. The topological polar surface area (TPSA) is 70.5 Å². The van der Waals surface area contributed by atoms with E-state index in [4.69, 9.17) is 5.11 Å². The van der Waals surface area contributed by atoms with Crippen LogP contribution in [0.25, 0.3) is 0 Å². The number of carboxylic acids is 1. The second kappa shape index (κ2) is 6.70. The Morgan fingerprint density at radius 3 is 2.48 bits per heavy atom. The second-order valence-electron chi connectivity index (χ2n) is 6.03. The van der Waals surface area contributed by atoms with Gasteiger partial charge in [-0.3, -0.25) is 4.79 Å². The fourth-order valence-electron chi connectivity index (χ4n) is 2.82. The zero-order valence-electron chi connectivity index (χ0n) is 12.6. The van der Waals surface area contributed by atoms with Gasteiger partial charge in [0.05, 0.1) is 5.56 Å². The molecule has 0 aromatic carbocycles. The molecule has 1 aromatic heterocycles. The van der Waals surface area contributed by atoms with Crippen molar-refractivity contribution in [2.24, 2.45) is 5.92 Å². The minimum Gasteiger partial charge on any atom is -0.477 e. The van der Waals surface area contributed by atoms with Gasteiger partial charge in [0, 0.05) is 18.8 Å². The first-order valence-corrected chi connectivity index (χ1v) is 7.49. The zero-order chi connectivity index (χ0) is 15.4. The van der Waals surface area contributed by atoms with E-state index in [2.05, 4.69) is 18.8 Å². The van der Waals surface area contributed by atoms with Gasteiger partial charge >= 0.3 is 5.97 Å². The van der Waals surface area contributed by atoms with Crippen molar-refractivity contribution in [3.8, 4) is 0 Å². The average molecular weight is 290 g/mol. The number of hydrogen-bond donors (Lipinski definition) is 1. The Hall–Kier alpha value is -1.91. The van der Waals surface area contributed by atoms with E-state index in [0.29, 0.717) is 17.5 Å². The Kier molecular flexibility index (Phi) is 4.94. The number of amides is 1. The predicted molar refractivity (Wildman–Crippen MR) is 79.3 cm³/mol. The number of carboxylic acid groups (broad SMARTS) is 1. The Labute approximate surface area is 125 Å². The fourth-order valence-corrected chi connectivity index (χ4v) is 2.82. The van der Waals surface area contributed by atoms with Crippen molar-refractivity contribution in [1.29, 1.82) is 0 Å². The van der Waals surface area contributed by atoms with E-state index in [1.54, 1.807) is 6.07 Å². The van der Waals surface area contributed by atoms with Gasteiger partial charge in [0.1, 0.15) is 5.69 Å². The summed E-state index contributed by atoms with van der Waals surface area (Å²) >= 11 is 0. The average Bonchev–Trinajstić information content (AvgIpc) is 2.98. The summed E-state index contributed by atoms with van der Waals surface area (Å²) in [5, 5.41) is 8.86. The molecule has 1 aliphatic rings. The van der Waals surface area contributed by atoms with E-state index >= 15 is 0 Å². The summed E-state index contributed by atoms with van der Waals surface area (Å²) in [4.78, 5) is 29.3. The standard InChI is InChI=1S/C16H22N2O3/c1-11(2)10-18(13-5-3-4-6-13)15(19)12-7-8-14(16(20)21)17-9-12/h7-9,11,13H,3-6,10H2,1-2H3,(H,20,21). The molecule has 0 atom stereocenters. The van der Waals surface area contributed by atoms with E-state index in [9.17, 15) is 9.59 Å². The van der Waals surface area contributed by atoms with Crippen molar-refractivity contribution in [2.75, 3.05) is 6.54 Å². The first-order chi connectivity index (χ1) is 9.99. The molecule has 1 amide bonds. The Balaban J connectivity index is 2.18. The quantitative estimate of drug-likeness (QED) is 0.905. The Bertz CT molecular complexity index is 505. The van der Waals surface area contributed by atoms with Crippen LogP contribution in [0, 0.1) is 5.92 Å². The van der Waals surface area contributed by atoms with Gasteiger partial charge < -0.3 is 10.0 Å². The molecule has 1 saturated carbocycles. The molecule has 0 unspecified atom stereocenters. The van der Waals surface area contributed by atoms with E-state index < -0.39 is 5.97 Å². The van der Waals surface area contributed by atoms with Crippen LogP contribution in [0.5, 0.6) is 0 Å². The molecule has 0 saturated heterocycles. The highest BCUT2D eigenvalue weighted by atomic mass is 16.4. The third-order valence-electron chi connectivity index (χ3n) is 3.82. The number of carbonyl (C=O) groups is 2. The molecule has 2 rings (SSSR count). The van der Waals surface area contributed by atoms with Gasteiger partial charge in [0.15, 0.2) is 0 Å². The van der Waals surface area contributed by atoms with Gasteiger partial charge in [-0.2, -0.15) is 0 Å². The van der Waals surface area contributed by atoms with Crippen molar-refractivity contribution in [3.05, 3.63) is 29.6 Å². The lowest BCUT2D eigenvalue weighted by Gasteiger charge is -2.30.